The summed E-state index contributed by atoms with van der Waals surface area (Å²) >= 11 is 0. The van der Waals surface area contributed by atoms with Crippen molar-refractivity contribution in [2.75, 3.05) is 0 Å². The first-order chi connectivity index (χ1) is 9.59. The standard InChI is InChI=1S/C18H25NO/c1-18-9-8-14-13-5-3-12(20)10-11(13)2-4-15(14)16(18)6-7-17(18)19/h2,4,10,13-17H,3,5-9,19H2,1H3. The molecule has 0 amide bonds. The molecule has 2 fully saturated rings. The third kappa shape index (κ3) is 1.64. The van der Waals surface area contributed by atoms with E-state index < -0.39 is 0 Å². The molecule has 6 atom stereocenters. The molecule has 0 radical (unpaired) electrons. The number of hydrogen-bond acceptors (Lipinski definition) is 2. The summed E-state index contributed by atoms with van der Waals surface area (Å²) in [5.41, 5.74) is 8.09. The summed E-state index contributed by atoms with van der Waals surface area (Å²) < 4.78 is 0. The van der Waals surface area contributed by atoms with E-state index in [1.54, 1.807) is 0 Å². The number of carbonyl (C=O) groups is 1. The summed E-state index contributed by atoms with van der Waals surface area (Å²) in [6.45, 7) is 2.43. The van der Waals surface area contributed by atoms with Crippen molar-refractivity contribution in [1.29, 1.82) is 0 Å². The zero-order chi connectivity index (χ0) is 13.9. The largest absolute Gasteiger partial charge is 0.327 e. The van der Waals surface area contributed by atoms with Gasteiger partial charge in [0, 0.05) is 12.5 Å². The lowest BCUT2D eigenvalue weighted by Gasteiger charge is -2.51. The summed E-state index contributed by atoms with van der Waals surface area (Å²) in [4.78, 5) is 11.6. The highest BCUT2D eigenvalue weighted by Gasteiger charge is 2.54. The fourth-order valence-electron chi connectivity index (χ4n) is 5.70. The number of fused-ring (bicyclic) bond motifs is 5. The van der Waals surface area contributed by atoms with E-state index in [9.17, 15) is 4.79 Å². The van der Waals surface area contributed by atoms with Crippen LogP contribution in [-0.4, -0.2) is 11.8 Å². The van der Waals surface area contributed by atoms with E-state index in [0.717, 1.165) is 24.7 Å². The molecule has 0 heterocycles. The van der Waals surface area contributed by atoms with Crippen LogP contribution in [0.15, 0.2) is 23.8 Å². The summed E-state index contributed by atoms with van der Waals surface area (Å²) in [5.74, 6) is 3.21. The van der Waals surface area contributed by atoms with E-state index in [-0.39, 0.29) is 0 Å². The first-order valence-corrected chi connectivity index (χ1v) is 8.28. The SMILES string of the molecule is CC12CCC3C4CCC(=O)C=C4C=CC3C1CCC2N. The monoisotopic (exact) mass is 271 g/mol. The van der Waals surface area contributed by atoms with Crippen LogP contribution in [0, 0.1) is 29.1 Å². The van der Waals surface area contributed by atoms with Crippen LogP contribution in [0.3, 0.4) is 0 Å². The molecule has 0 spiro atoms. The van der Waals surface area contributed by atoms with Crippen LogP contribution in [0.25, 0.3) is 0 Å². The van der Waals surface area contributed by atoms with Crippen LogP contribution >= 0.6 is 0 Å². The number of nitrogens with two attached hydrogens (primary N) is 1. The van der Waals surface area contributed by atoms with E-state index in [0.29, 0.717) is 29.1 Å². The summed E-state index contributed by atoms with van der Waals surface area (Å²) in [5, 5.41) is 0. The zero-order valence-electron chi connectivity index (χ0n) is 12.3. The Kier molecular flexibility index (Phi) is 2.76. The topological polar surface area (TPSA) is 43.1 Å². The highest BCUT2D eigenvalue weighted by atomic mass is 16.1. The molecule has 2 nitrogen and oxygen atoms in total. The lowest BCUT2D eigenvalue weighted by Crippen LogP contribution is -2.48. The quantitative estimate of drug-likeness (QED) is 0.735. The number of rotatable bonds is 0. The molecule has 0 aromatic carbocycles. The van der Waals surface area contributed by atoms with Gasteiger partial charge < -0.3 is 5.73 Å². The lowest BCUT2D eigenvalue weighted by molar-refractivity contribution is -0.115. The Hall–Kier alpha value is -0.890. The van der Waals surface area contributed by atoms with Gasteiger partial charge in [-0.1, -0.05) is 19.1 Å². The fraction of sp³-hybridized carbons (Fsp3) is 0.722. The molecule has 6 unspecified atom stereocenters. The third-order valence-electron chi connectivity index (χ3n) is 6.94. The molecule has 2 saturated carbocycles. The van der Waals surface area contributed by atoms with E-state index in [1.165, 1.54) is 31.3 Å². The van der Waals surface area contributed by atoms with Gasteiger partial charge in [-0.25, -0.2) is 0 Å². The van der Waals surface area contributed by atoms with E-state index in [2.05, 4.69) is 19.1 Å². The van der Waals surface area contributed by atoms with Crippen LogP contribution in [0.2, 0.25) is 0 Å². The minimum Gasteiger partial charge on any atom is -0.327 e. The van der Waals surface area contributed by atoms with Gasteiger partial charge in [0.1, 0.15) is 0 Å². The zero-order valence-corrected chi connectivity index (χ0v) is 12.3. The van der Waals surface area contributed by atoms with Crippen molar-refractivity contribution in [3.63, 3.8) is 0 Å². The first-order valence-electron chi connectivity index (χ1n) is 8.28. The highest BCUT2D eigenvalue weighted by molar-refractivity contribution is 5.91. The molecule has 0 aromatic heterocycles. The number of carbonyl (C=O) groups excluding carboxylic acids is 1. The number of ketones is 1. The Morgan fingerprint density at radius 1 is 1.25 bits per heavy atom. The van der Waals surface area contributed by atoms with Crippen molar-refractivity contribution in [3.05, 3.63) is 23.8 Å². The van der Waals surface area contributed by atoms with Crippen molar-refractivity contribution in [2.24, 2.45) is 34.8 Å². The van der Waals surface area contributed by atoms with Crippen LogP contribution in [0.5, 0.6) is 0 Å². The molecule has 2 heteroatoms. The van der Waals surface area contributed by atoms with Crippen LogP contribution in [0.4, 0.5) is 0 Å². The Bertz CT molecular complexity index is 506. The molecule has 4 aliphatic rings. The molecular formula is C18H25NO. The van der Waals surface area contributed by atoms with Crippen LogP contribution in [0.1, 0.15) is 45.4 Å². The van der Waals surface area contributed by atoms with E-state index in [1.807, 2.05) is 6.08 Å². The van der Waals surface area contributed by atoms with E-state index in [4.69, 9.17) is 5.73 Å². The second-order valence-electron chi connectivity index (χ2n) is 7.69. The highest BCUT2D eigenvalue weighted by Crippen LogP contribution is 2.59. The molecule has 0 aromatic rings. The van der Waals surface area contributed by atoms with Crippen LogP contribution < -0.4 is 5.73 Å². The molecule has 108 valence electrons. The normalized spacial score (nSPS) is 50.2. The van der Waals surface area contributed by atoms with Gasteiger partial charge in [0.05, 0.1) is 0 Å². The van der Waals surface area contributed by atoms with Gasteiger partial charge in [-0.15, -0.1) is 0 Å². The van der Waals surface area contributed by atoms with Gasteiger partial charge in [0.15, 0.2) is 5.78 Å². The van der Waals surface area contributed by atoms with Crippen molar-refractivity contribution < 1.29 is 4.79 Å². The van der Waals surface area contributed by atoms with Gasteiger partial charge in [0.25, 0.3) is 0 Å². The average molecular weight is 271 g/mol. The molecular weight excluding hydrogens is 246 g/mol. The first kappa shape index (κ1) is 12.8. The van der Waals surface area contributed by atoms with Crippen LogP contribution in [-0.2, 0) is 4.79 Å². The third-order valence-corrected chi connectivity index (χ3v) is 6.94. The maximum atomic E-state index is 11.6. The lowest BCUT2D eigenvalue weighted by atomic mass is 9.54. The minimum absolute atomic E-state index is 0.322. The van der Waals surface area contributed by atoms with E-state index >= 15 is 0 Å². The summed E-state index contributed by atoms with van der Waals surface area (Å²) in [6.07, 6.45) is 13.5. The molecule has 20 heavy (non-hydrogen) atoms. The van der Waals surface area contributed by atoms with Crippen molar-refractivity contribution >= 4 is 5.78 Å². The van der Waals surface area contributed by atoms with Gasteiger partial charge in [-0.2, -0.15) is 0 Å². The van der Waals surface area contributed by atoms with Crippen molar-refractivity contribution in [1.82, 2.24) is 0 Å². The predicted molar refractivity (Wildman–Crippen MR) is 80.0 cm³/mol. The summed E-state index contributed by atoms with van der Waals surface area (Å²) in [7, 11) is 0. The van der Waals surface area contributed by atoms with Gasteiger partial charge in [0.2, 0.25) is 0 Å². The van der Waals surface area contributed by atoms with Gasteiger partial charge in [-0.3, -0.25) is 4.79 Å². The number of hydrogen-bond donors (Lipinski definition) is 1. The van der Waals surface area contributed by atoms with Gasteiger partial charge >= 0.3 is 0 Å². The number of allylic oxidation sites excluding steroid dienone is 4. The predicted octanol–water partition coefficient (Wildman–Crippen LogP) is 3.23. The second kappa shape index (κ2) is 4.30. The maximum Gasteiger partial charge on any atom is 0.155 e. The van der Waals surface area contributed by atoms with Gasteiger partial charge in [-0.05, 0) is 72.8 Å². The fourth-order valence-corrected chi connectivity index (χ4v) is 5.70. The molecule has 0 aliphatic heterocycles. The van der Waals surface area contributed by atoms with Crippen molar-refractivity contribution in [3.8, 4) is 0 Å². The molecule has 2 N–H and O–H groups in total. The Labute approximate surface area is 121 Å². The Balaban J connectivity index is 1.69. The summed E-state index contributed by atoms with van der Waals surface area (Å²) in [6, 6.07) is 0.395. The van der Waals surface area contributed by atoms with Crippen molar-refractivity contribution in [2.45, 2.75) is 51.5 Å². The molecule has 0 saturated heterocycles. The molecule has 4 aliphatic carbocycles. The average Bonchev–Trinajstić information content (AvgIpc) is 2.74. The maximum absolute atomic E-state index is 11.6. The minimum atomic E-state index is 0.322. The smallest absolute Gasteiger partial charge is 0.155 e. The molecule has 0 bridgehead atoms. The second-order valence-corrected chi connectivity index (χ2v) is 7.69. The Morgan fingerprint density at radius 2 is 2.10 bits per heavy atom. The molecule has 4 rings (SSSR count). The Morgan fingerprint density at radius 3 is 2.95 bits per heavy atom.